The molecule has 1 saturated heterocycles. The quantitative estimate of drug-likeness (QED) is 0.906. The minimum atomic E-state index is 0. The van der Waals surface area contributed by atoms with Crippen LogP contribution >= 0.6 is 12.4 Å². The van der Waals surface area contributed by atoms with E-state index in [-0.39, 0.29) is 12.4 Å². The van der Waals surface area contributed by atoms with Gasteiger partial charge in [-0.05, 0) is 62.9 Å². The van der Waals surface area contributed by atoms with Crippen LogP contribution in [0.3, 0.4) is 0 Å². The fraction of sp³-hybridized carbons (Fsp3) is 0.600. The second-order valence-corrected chi connectivity index (χ2v) is 5.31. The van der Waals surface area contributed by atoms with E-state index in [1.54, 1.807) is 0 Å². The van der Waals surface area contributed by atoms with E-state index < -0.39 is 0 Å². The predicted octanol–water partition coefficient (Wildman–Crippen LogP) is 3.16. The Bertz CT molecular complexity index is 373. The van der Waals surface area contributed by atoms with E-state index in [1.165, 1.54) is 42.7 Å². The first-order chi connectivity index (χ1) is 8.18. The number of piperidine rings is 1. The van der Waals surface area contributed by atoms with Gasteiger partial charge in [-0.1, -0.05) is 12.1 Å². The lowest BCUT2D eigenvalue weighted by Gasteiger charge is -2.30. The summed E-state index contributed by atoms with van der Waals surface area (Å²) in [5.41, 5.74) is 4.19. The Balaban J connectivity index is 0.00000162. The van der Waals surface area contributed by atoms with Crippen molar-refractivity contribution in [3.63, 3.8) is 0 Å². The van der Waals surface area contributed by atoms with Crippen LogP contribution < -0.4 is 10.2 Å². The molecule has 0 saturated carbocycles. The van der Waals surface area contributed by atoms with Crippen molar-refractivity contribution in [2.75, 3.05) is 31.6 Å². The topological polar surface area (TPSA) is 15.3 Å². The zero-order chi connectivity index (χ0) is 12.3. The molecule has 0 aromatic heterocycles. The minimum Gasteiger partial charge on any atom is -0.374 e. The van der Waals surface area contributed by atoms with E-state index in [1.807, 2.05) is 0 Å². The SMILES string of the molecule is Cc1cccc(N(C)CC2CCCNC2)c1C.Cl. The molecule has 1 aromatic carbocycles. The van der Waals surface area contributed by atoms with Gasteiger partial charge in [-0.25, -0.2) is 0 Å². The number of nitrogens with one attached hydrogen (secondary N) is 1. The van der Waals surface area contributed by atoms with Crippen molar-refractivity contribution in [3.05, 3.63) is 29.3 Å². The number of nitrogens with zero attached hydrogens (tertiary/aromatic N) is 1. The molecule has 0 spiro atoms. The van der Waals surface area contributed by atoms with Gasteiger partial charge in [0.25, 0.3) is 0 Å². The normalized spacial score (nSPS) is 19.2. The molecule has 3 heteroatoms. The molecule has 0 radical (unpaired) electrons. The van der Waals surface area contributed by atoms with Gasteiger partial charge >= 0.3 is 0 Å². The molecule has 1 aliphatic heterocycles. The van der Waals surface area contributed by atoms with Crippen molar-refractivity contribution in [1.82, 2.24) is 5.32 Å². The van der Waals surface area contributed by atoms with Crippen molar-refractivity contribution in [1.29, 1.82) is 0 Å². The standard InChI is InChI=1S/C15H24N2.ClH/c1-12-6-4-8-15(13(12)2)17(3)11-14-7-5-9-16-10-14;/h4,6,8,14,16H,5,7,9-11H2,1-3H3;1H. The highest BCUT2D eigenvalue weighted by atomic mass is 35.5. The number of aryl methyl sites for hydroxylation is 1. The average Bonchev–Trinajstić information content (AvgIpc) is 2.34. The second kappa shape index (κ2) is 7.01. The highest BCUT2D eigenvalue weighted by molar-refractivity contribution is 5.85. The number of halogens is 1. The third-order valence-electron chi connectivity index (χ3n) is 3.92. The Morgan fingerprint density at radius 3 is 2.78 bits per heavy atom. The minimum absolute atomic E-state index is 0. The monoisotopic (exact) mass is 268 g/mol. The first-order valence-electron chi connectivity index (χ1n) is 6.66. The summed E-state index contributed by atoms with van der Waals surface area (Å²) in [6, 6.07) is 6.58. The van der Waals surface area contributed by atoms with Crippen molar-refractivity contribution in [2.45, 2.75) is 26.7 Å². The molecule has 0 amide bonds. The van der Waals surface area contributed by atoms with E-state index in [0.717, 1.165) is 12.5 Å². The maximum Gasteiger partial charge on any atom is 0.0396 e. The lowest BCUT2D eigenvalue weighted by Crippen LogP contribution is -2.37. The molecule has 2 nitrogen and oxygen atoms in total. The highest BCUT2D eigenvalue weighted by Crippen LogP contribution is 2.23. The Hall–Kier alpha value is -0.730. The maximum atomic E-state index is 3.49. The van der Waals surface area contributed by atoms with E-state index in [0.29, 0.717) is 0 Å². The van der Waals surface area contributed by atoms with Gasteiger partial charge in [-0.3, -0.25) is 0 Å². The molecule has 2 rings (SSSR count). The zero-order valence-corrected chi connectivity index (χ0v) is 12.5. The summed E-state index contributed by atoms with van der Waals surface area (Å²) in [5.74, 6) is 0.800. The number of hydrogen-bond donors (Lipinski definition) is 1. The van der Waals surface area contributed by atoms with Gasteiger partial charge in [0.05, 0.1) is 0 Å². The Labute approximate surface area is 117 Å². The summed E-state index contributed by atoms with van der Waals surface area (Å²) in [6.07, 6.45) is 2.69. The van der Waals surface area contributed by atoms with Crippen molar-refractivity contribution >= 4 is 18.1 Å². The Morgan fingerprint density at radius 2 is 2.11 bits per heavy atom. The predicted molar refractivity (Wildman–Crippen MR) is 82.0 cm³/mol. The lowest BCUT2D eigenvalue weighted by molar-refractivity contribution is 0.381. The maximum absolute atomic E-state index is 3.49. The highest BCUT2D eigenvalue weighted by Gasteiger charge is 2.16. The molecule has 1 heterocycles. The first kappa shape index (κ1) is 15.3. The molecule has 1 unspecified atom stereocenters. The number of rotatable bonds is 3. The van der Waals surface area contributed by atoms with Crippen LogP contribution in [0.25, 0.3) is 0 Å². The molecule has 1 N–H and O–H groups in total. The molecule has 1 atom stereocenters. The van der Waals surface area contributed by atoms with Crippen LogP contribution in [-0.4, -0.2) is 26.7 Å². The molecule has 1 aromatic rings. The number of anilines is 1. The van der Waals surface area contributed by atoms with Gasteiger partial charge in [-0.2, -0.15) is 0 Å². The van der Waals surface area contributed by atoms with Gasteiger partial charge in [0.2, 0.25) is 0 Å². The van der Waals surface area contributed by atoms with E-state index >= 15 is 0 Å². The smallest absolute Gasteiger partial charge is 0.0396 e. The largest absolute Gasteiger partial charge is 0.374 e. The van der Waals surface area contributed by atoms with Crippen LogP contribution in [-0.2, 0) is 0 Å². The summed E-state index contributed by atoms with van der Waals surface area (Å²) >= 11 is 0. The van der Waals surface area contributed by atoms with Crippen LogP contribution in [0.2, 0.25) is 0 Å². The summed E-state index contributed by atoms with van der Waals surface area (Å²) in [4.78, 5) is 2.42. The number of hydrogen-bond acceptors (Lipinski definition) is 2. The van der Waals surface area contributed by atoms with Crippen LogP contribution in [0.5, 0.6) is 0 Å². The van der Waals surface area contributed by atoms with Crippen LogP contribution in [0.15, 0.2) is 18.2 Å². The third kappa shape index (κ3) is 3.63. The van der Waals surface area contributed by atoms with Gasteiger partial charge in [-0.15, -0.1) is 12.4 Å². The molecular weight excluding hydrogens is 244 g/mol. The second-order valence-electron chi connectivity index (χ2n) is 5.31. The van der Waals surface area contributed by atoms with E-state index in [4.69, 9.17) is 0 Å². The fourth-order valence-corrected chi connectivity index (χ4v) is 2.71. The Morgan fingerprint density at radius 1 is 1.33 bits per heavy atom. The van der Waals surface area contributed by atoms with Gasteiger partial charge in [0.1, 0.15) is 0 Å². The van der Waals surface area contributed by atoms with Gasteiger partial charge in [0.15, 0.2) is 0 Å². The van der Waals surface area contributed by atoms with Crippen molar-refractivity contribution < 1.29 is 0 Å². The third-order valence-corrected chi connectivity index (χ3v) is 3.92. The molecule has 18 heavy (non-hydrogen) atoms. The van der Waals surface area contributed by atoms with Gasteiger partial charge < -0.3 is 10.2 Å². The van der Waals surface area contributed by atoms with Crippen LogP contribution in [0.4, 0.5) is 5.69 Å². The summed E-state index contributed by atoms with van der Waals surface area (Å²) in [6.45, 7) is 7.95. The van der Waals surface area contributed by atoms with Crippen molar-refractivity contribution in [2.24, 2.45) is 5.92 Å². The first-order valence-corrected chi connectivity index (χ1v) is 6.66. The number of benzene rings is 1. The summed E-state index contributed by atoms with van der Waals surface area (Å²) in [7, 11) is 2.22. The Kier molecular flexibility index (Phi) is 5.97. The average molecular weight is 269 g/mol. The summed E-state index contributed by atoms with van der Waals surface area (Å²) < 4.78 is 0. The van der Waals surface area contributed by atoms with E-state index in [9.17, 15) is 0 Å². The van der Waals surface area contributed by atoms with E-state index in [2.05, 4.69) is 49.3 Å². The molecule has 1 aliphatic rings. The zero-order valence-electron chi connectivity index (χ0n) is 11.7. The van der Waals surface area contributed by atoms with Crippen molar-refractivity contribution in [3.8, 4) is 0 Å². The van der Waals surface area contributed by atoms with Crippen LogP contribution in [0.1, 0.15) is 24.0 Å². The van der Waals surface area contributed by atoms with Crippen LogP contribution in [0, 0.1) is 19.8 Å². The molecule has 102 valence electrons. The summed E-state index contributed by atoms with van der Waals surface area (Å²) in [5, 5.41) is 3.49. The molecular formula is C15H25ClN2. The molecule has 0 bridgehead atoms. The lowest BCUT2D eigenvalue weighted by atomic mass is 9.98. The molecule has 1 fully saturated rings. The van der Waals surface area contributed by atoms with Gasteiger partial charge in [0, 0.05) is 19.3 Å². The fourth-order valence-electron chi connectivity index (χ4n) is 2.71. The molecule has 0 aliphatic carbocycles.